The number of hydrogen-bond donors (Lipinski definition) is 1. The van der Waals surface area contributed by atoms with E-state index in [1.54, 1.807) is 12.1 Å². The van der Waals surface area contributed by atoms with Gasteiger partial charge in [0.05, 0.1) is 28.2 Å². The minimum Gasteiger partial charge on any atom is -0.392 e. The second kappa shape index (κ2) is 6.09. The Bertz CT molecular complexity index is 540. The van der Waals surface area contributed by atoms with Crippen LogP contribution in [0.25, 0.3) is 0 Å². The molecule has 2 aromatic rings. The van der Waals surface area contributed by atoms with Crippen LogP contribution in [-0.4, -0.2) is 14.3 Å². The summed E-state index contributed by atoms with van der Waals surface area (Å²) in [6.45, 7) is 0.0160. The fraction of sp³-hybridized carbons (Fsp3) is 0.154. The molecule has 0 saturated heterocycles. The lowest BCUT2D eigenvalue weighted by molar-refractivity contribution is 0.282. The molecule has 0 bridgehead atoms. The number of pyridine rings is 1. The van der Waals surface area contributed by atoms with Crippen LogP contribution in [0, 0.1) is 0 Å². The maximum absolute atomic E-state index is 12.0. The van der Waals surface area contributed by atoms with Gasteiger partial charge in [-0.1, -0.05) is 35.9 Å². The van der Waals surface area contributed by atoms with E-state index in [2.05, 4.69) is 4.98 Å². The molecule has 0 aliphatic heterocycles. The highest BCUT2D eigenvalue weighted by atomic mass is 35.5. The van der Waals surface area contributed by atoms with E-state index >= 15 is 0 Å². The summed E-state index contributed by atoms with van der Waals surface area (Å²) in [6.07, 6.45) is 1.49. The summed E-state index contributed by atoms with van der Waals surface area (Å²) in [4.78, 5) is 4.04. The maximum atomic E-state index is 12.0. The Labute approximate surface area is 113 Å². The van der Waals surface area contributed by atoms with Gasteiger partial charge in [-0.2, -0.15) is 0 Å². The van der Waals surface area contributed by atoms with E-state index in [1.807, 2.05) is 24.3 Å². The SMILES string of the molecule is O=S(Cc1ccc(CO)cc1)c1ccc(Cl)cn1. The van der Waals surface area contributed by atoms with Gasteiger partial charge in [-0.25, -0.2) is 4.98 Å². The van der Waals surface area contributed by atoms with Gasteiger partial charge >= 0.3 is 0 Å². The summed E-state index contributed by atoms with van der Waals surface area (Å²) in [6, 6.07) is 10.7. The molecule has 0 saturated carbocycles. The Morgan fingerprint density at radius 1 is 1.11 bits per heavy atom. The number of rotatable bonds is 4. The number of hydrogen-bond acceptors (Lipinski definition) is 3. The minimum atomic E-state index is -1.18. The molecule has 0 fully saturated rings. The molecule has 1 N–H and O–H groups in total. The first-order chi connectivity index (χ1) is 8.69. The Hall–Kier alpha value is -1.23. The topological polar surface area (TPSA) is 50.2 Å². The van der Waals surface area contributed by atoms with E-state index in [4.69, 9.17) is 16.7 Å². The van der Waals surface area contributed by atoms with Crippen LogP contribution >= 0.6 is 11.6 Å². The van der Waals surface area contributed by atoms with E-state index in [1.165, 1.54) is 6.20 Å². The van der Waals surface area contributed by atoms with Crippen LogP contribution in [0.3, 0.4) is 0 Å². The molecule has 0 spiro atoms. The summed E-state index contributed by atoms with van der Waals surface area (Å²) in [5.74, 6) is 0.403. The maximum Gasteiger partial charge on any atom is 0.127 e. The average molecular weight is 282 g/mol. The lowest BCUT2D eigenvalue weighted by Gasteiger charge is -2.03. The second-order valence-electron chi connectivity index (χ2n) is 3.78. The van der Waals surface area contributed by atoms with Crippen LogP contribution in [0.5, 0.6) is 0 Å². The predicted molar refractivity (Wildman–Crippen MR) is 71.7 cm³/mol. The zero-order chi connectivity index (χ0) is 13.0. The first kappa shape index (κ1) is 13.2. The van der Waals surface area contributed by atoms with Crippen molar-refractivity contribution in [1.29, 1.82) is 0 Å². The Kier molecular flexibility index (Phi) is 4.47. The number of aliphatic hydroxyl groups is 1. The number of nitrogens with zero attached hydrogens (tertiary/aromatic N) is 1. The number of benzene rings is 1. The number of aliphatic hydroxyl groups excluding tert-OH is 1. The van der Waals surface area contributed by atoms with Gasteiger partial charge < -0.3 is 5.11 Å². The van der Waals surface area contributed by atoms with Crippen molar-refractivity contribution >= 4 is 22.4 Å². The molecule has 1 heterocycles. The Morgan fingerprint density at radius 3 is 2.33 bits per heavy atom. The predicted octanol–water partition coefficient (Wildman–Crippen LogP) is 2.54. The molecule has 1 aromatic carbocycles. The van der Waals surface area contributed by atoms with Crippen molar-refractivity contribution in [3.05, 3.63) is 58.7 Å². The van der Waals surface area contributed by atoms with Gasteiger partial charge in [0, 0.05) is 6.20 Å². The molecule has 1 unspecified atom stereocenters. The Morgan fingerprint density at radius 2 is 1.78 bits per heavy atom. The molecule has 2 rings (SSSR count). The quantitative estimate of drug-likeness (QED) is 0.937. The normalized spacial score (nSPS) is 12.3. The lowest BCUT2D eigenvalue weighted by Crippen LogP contribution is -1.99. The minimum absolute atomic E-state index is 0.0160. The molecule has 0 aliphatic carbocycles. The highest BCUT2D eigenvalue weighted by Crippen LogP contribution is 2.13. The van der Waals surface area contributed by atoms with Gasteiger partial charge in [0.25, 0.3) is 0 Å². The smallest absolute Gasteiger partial charge is 0.127 e. The third kappa shape index (κ3) is 3.38. The van der Waals surface area contributed by atoms with E-state index in [0.717, 1.165) is 11.1 Å². The fourth-order valence-corrected chi connectivity index (χ4v) is 2.61. The van der Waals surface area contributed by atoms with E-state index in [0.29, 0.717) is 15.8 Å². The standard InChI is InChI=1S/C13H12ClNO2S/c14-12-5-6-13(15-7-12)18(17)9-11-3-1-10(8-16)2-4-11/h1-7,16H,8-9H2. The third-order valence-electron chi connectivity index (χ3n) is 2.44. The van der Waals surface area contributed by atoms with Crippen LogP contribution in [0.15, 0.2) is 47.6 Å². The first-order valence-corrected chi connectivity index (χ1v) is 7.07. The van der Waals surface area contributed by atoms with E-state index in [-0.39, 0.29) is 6.61 Å². The van der Waals surface area contributed by atoms with Gasteiger partial charge in [0.15, 0.2) is 0 Å². The largest absolute Gasteiger partial charge is 0.392 e. The highest BCUT2D eigenvalue weighted by Gasteiger charge is 2.06. The summed E-state index contributed by atoms with van der Waals surface area (Å²) in [7, 11) is -1.18. The number of halogens is 1. The van der Waals surface area contributed by atoms with Gasteiger partial charge in [0.2, 0.25) is 0 Å². The monoisotopic (exact) mass is 281 g/mol. The Balaban J connectivity index is 2.08. The van der Waals surface area contributed by atoms with Crippen molar-refractivity contribution in [1.82, 2.24) is 4.98 Å². The summed E-state index contributed by atoms with van der Waals surface area (Å²) >= 11 is 5.72. The van der Waals surface area contributed by atoms with Crippen molar-refractivity contribution in [2.75, 3.05) is 0 Å². The first-order valence-electron chi connectivity index (χ1n) is 5.37. The highest BCUT2D eigenvalue weighted by molar-refractivity contribution is 7.84. The summed E-state index contributed by atoms with van der Waals surface area (Å²) in [5, 5.41) is 9.98. The van der Waals surface area contributed by atoms with Gasteiger partial charge in [-0.15, -0.1) is 0 Å². The molecule has 0 aliphatic rings. The fourth-order valence-electron chi connectivity index (χ4n) is 1.46. The van der Waals surface area contributed by atoms with Crippen molar-refractivity contribution in [3.63, 3.8) is 0 Å². The van der Waals surface area contributed by atoms with E-state index in [9.17, 15) is 4.21 Å². The molecule has 1 aromatic heterocycles. The average Bonchev–Trinajstić information content (AvgIpc) is 2.40. The molecule has 0 radical (unpaired) electrons. The molecule has 5 heteroatoms. The van der Waals surface area contributed by atoms with Crippen molar-refractivity contribution in [2.24, 2.45) is 0 Å². The molecule has 18 heavy (non-hydrogen) atoms. The van der Waals surface area contributed by atoms with Crippen LogP contribution in [0.4, 0.5) is 0 Å². The van der Waals surface area contributed by atoms with Gasteiger partial charge in [-0.05, 0) is 23.3 Å². The molecular weight excluding hydrogens is 270 g/mol. The van der Waals surface area contributed by atoms with Crippen molar-refractivity contribution in [2.45, 2.75) is 17.4 Å². The third-order valence-corrected chi connectivity index (χ3v) is 3.96. The second-order valence-corrected chi connectivity index (χ2v) is 5.61. The number of aromatic nitrogens is 1. The van der Waals surface area contributed by atoms with Crippen molar-refractivity contribution < 1.29 is 9.32 Å². The molecular formula is C13H12ClNO2S. The molecule has 3 nitrogen and oxygen atoms in total. The summed E-state index contributed by atoms with van der Waals surface area (Å²) in [5.41, 5.74) is 1.79. The van der Waals surface area contributed by atoms with Crippen LogP contribution in [0.2, 0.25) is 5.02 Å². The van der Waals surface area contributed by atoms with Crippen LogP contribution < -0.4 is 0 Å². The van der Waals surface area contributed by atoms with Gasteiger partial charge in [0.1, 0.15) is 5.03 Å². The zero-order valence-electron chi connectivity index (χ0n) is 9.54. The molecule has 1 atom stereocenters. The van der Waals surface area contributed by atoms with Gasteiger partial charge in [-0.3, -0.25) is 4.21 Å². The lowest BCUT2D eigenvalue weighted by atomic mass is 10.2. The van der Waals surface area contributed by atoms with E-state index < -0.39 is 10.8 Å². The van der Waals surface area contributed by atoms with Crippen molar-refractivity contribution in [3.8, 4) is 0 Å². The molecule has 0 amide bonds. The molecule has 94 valence electrons. The summed E-state index contributed by atoms with van der Waals surface area (Å²) < 4.78 is 12.0. The van der Waals surface area contributed by atoms with Crippen LogP contribution in [-0.2, 0) is 23.2 Å². The zero-order valence-corrected chi connectivity index (χ0v) is 11.1. The van der Waals surface area contributed by atoms with Crippen LogP contribution in [0.1, 0.15) is 11.1 Å².